The summed E-state index contributed by atoms with van der Waals surface area (Å²) in [4.78, 5) is 89.7. The number of nitrogens with one attached hydrogen (secondary N) is 3. The van der Waals surface area contributed by atoms with Crippen LogP contribution in [0.3, 0.4) is 0 Å². The van der Waals surface area contributed by atoms with Gasteiger partial charge in [0.05, 0.1) is 41.9 Å². The molecule has 1 atom stereocenters. The number of carbonyl (C=O) groups excluding carboxylic acids is 5. The van der Waals surface area contributed by atoms with Gasteiger partial charge >= 0.3 is 0 Å². The molecule has 16 nitrogen and oxygen atoms in total. The highest BCUT2D eigenvalue weighted by Gasteiger charge is 2.37. The van der Waals surface area contributed by atoms with E-state index in [4.69, 9.17) is 4.74 Å². The number of benzene rings is 4. The van der Waals surface area contributed by atoms with Crippen LogP contribution in [0.2, 0.25) is 0 Å². The minimum Gasteiger partial charge on any atom is -0.375 e. The van der Waals surface area contributed by atoms with Crippen LogP contribution in [-0.2, 0) is 32.1 Å². The third kappa shape index (κ3) is 13.8. The van der Waals surface area contributed by atoms with Crippen molar-refractivity contribution in [3.05, 3.63) is 146 Å². The number of ether oxygens (including phenoxy) is 1. The molecule has 1 unspecified atom stereocenters. The Bertz CT molecular complexity index is 3070. The highest BCUT2D eigenvalue weighted by Crippen LogP contribution is 2.31. The van der Waals surface area contributed by atoms with E-state index in [1.165, 1.54) is 18.2 Å². The number of nitrogens with zero attached hydrogens (tertiary/aromatic N) is 6. The summed E-state index contributed by atoms with van der Waals surface area (Å²) < 4.78 is 49.0. The zero-order valence-corrected chi connectivity index (χ0v) is 45.3. The van der Waals surface area contributed by atoms with Gasteiger partial charge in [-0.25, -0.2) is 18.3 Å². The van der Waals surface area contributed by atoms with Crippen molar-refractivity contribution in [1.29, 1.82) is 0 Å². The average Bonchev–Trinajstić information content (AvgIpc) is 3.49. The largest absolute Gasteiger partial charge is 0.375 e. The molecule has 5 fully saturated rings. The predicted molar refractivity (Wildman–Crippen MR) is 295 cm³/mol. The topological polar surface area (TPSA) is 181 Å². The molecular weight excluding hydrogens is 1030 g/mol. The molecule has 1 aliphatic carbocycles. The fraction of sp³-hybridized carbons (Fsp3) is 0.492. The van der Waals surface area contributed by atoms with Gasteiger partial charge in [0.25, 0.3) is 17.4 Å². The van der Waals surface area contributed by atoms with E-state index < -0.39 is 29.4 Å². The number of likely N-dealkylation sites (tertiary alicyclic amines) is 3. The smallest absolute Gasteiger partial charge is 0.272 e. The normalized spacial score (nSPS) is 18.8. The monoisotopic (exact) mass is 1100 g/mol. The molecule has 3 N–H and O–H groups in total. The van der Waals surface area contributed by atoms with Crippen LogP contribution in [0.4, 0.5) is 13.2 Å². The van der Waals surface area contributed by atoms with Crippen molar-refractivity contribution >= 4 is 40.3 Å². The Hall–Kier alpha value is -6.96. The lowest BCUT2D eigenvalue weighted by atomic mass is 9.83. The summed E-state index contributed by atoms with van der Waals surface area (Å²) >= 11 is 0. The first-order valence-electron chi connectivity index (χ1n) is 28.6. The molecule has 1 saturated carbocycles. The molecule has 0 radical (unpaired) electrons. The van der Waals surface area contributed by atoms with Crippen molar-refractivity contribution in [2.24, 2.45) is 5.92 Å². The Kier molecular flexibility index (Phi) is 18.4. The van der Waals surface area contributed by atoms with Gasteiger partial charge in [-0.05, 0) is 111 Å². The second kappa shape index (κ2) is 26.1. The predicted octanol–water partition coefficient (Wildman–Crippen LogP) is 6.56. The number of aromatic nitrogens is 2. The maximum Gasteiger partial charge on any atom is 0.272 e. The lowest BCUT2D eigenvalue weighted by molar-refractivity contribution is -0.140. The number of halogens is 3. The third-order valence-corrected chi connectivity index (χ3v) is 17.1. The highest BCUT2D eigenvalue weighted by atomic mass is 19.1. The van der Waals surface area contributed by atoms with Crippen molar-refractivity contribution in [2.45, 2.75) is 108 Å². The number of carbonyl (C=O) groups is 5. The molecular formula is C61H72F3N9O7. The van der Waals surface area contributed by atoms with E-state index in [2.05, 4.69) is 25.7 Å². The van der Waals surface area contributed by atoms with Crippen molar-refractivity contribution < 1.29 is 41.9 Å². The Balaban J connectivity index is 0.632. The van der Waals surface area contributed by atoms with Gasteiger partial charge in [0.15, 0.2) is 0 Å². The second-order valence-corrected chi connectivity index (χ2v) is 22.3. The van der Waals surface area contributed by atoms with Crippen LogP contribution >= 0.6 is 0 Å². The first-order valence-corrected chi connectivity index (χ1v) is 28.6. The number of hydrogen-bond donors (Lipinski definition) is 3. The van der Waals surface area contributed by atoms with Crippen molar-refractivity contribution in [3.8, 4) is 0 Å². The average molecular weight is 1100 g/mol. The molecule has 5 amide bonds. The van der Waals surface area contributed by atoms with Crippen molar-refractivity contribution in [2.75, 3.05) is 78.5 Å². The third-order valence-electron chi connectivity index (χ3n) is 17.1. The standard InChI is InChI=1S/C61H72F3N9O7/c62-46-16-15-45(53(64)36-46)37-65-38-55(74)70-26-18-42(19-27-70)41-11-13-44(14-12-41)58(76)66-57(43-6-2-1-3-7-43)61(79)72-28-22-48(23-29-72)80-47-20-24-69(25-21-47)39-56(75)71-30-32-73(33-31-71)60(78)51-34-40(10-17-52(51)63)35-54-49-8-4-5-9-50(49)59(77)68-67-54/h4-5,8-17,34,36,42-43,47-48,57,65H,1-3,6-7,18-33,35,37-39H2,(H,66,76)(H,68,77). The molecule has 5 heterocycles. The van der Waals surface area contributed by atoms with Crippen LogP contribution in [-0.4, -0.2) is 161 Å². The van der Waals surface area contributed by atoms with Gasteiger partial charge in [-0.15, -0.1) is 0 Å². The van der Waals surface area contributed by atoms with Gasteiger partial charge in [-0.1, -0.05) is 61.7 Å². The Labute approximate surface area is 464 Å². The van der Waals surface area contributed by atoms with Crippen LogP contribution in [0, 0.1) is 23.4 Å². The number of piperidine rings is 3. The maximum absolute atomic E-state index is 15.1. The maximum atomic E-state index is 15.1. The fourth-order valence-electron chi connectivity index (χ4n) is 12.4. The summed E-state index contributed by atoms with van der Waals surface area (Å²) in [7, 11) is 0. The molecule has 19 heteroatoms. The summed E-state index contributed by atoms with van der Waals surface area (Å²) in [5.74, 6) is -2.43. The number of piperazine rings is 1. The highest BCUT2D eigenvalue weighted by molar-refractivity contribution is 5.98. The Morgan fingerprint density at radius 1 is 0.650 bits per heavy atom. The summed E-state index contributed by atoms with van der Waals surface area (Å²) in [5.41, 5.74) is 2.86. The number of H-pyrrole nitrogens is 1. The molecule has 0 spiro atoms. The zero-order chi connectivity index (χ0) is 55.7. The van der Waals surface area contributed by atoms with Crippen LogP contribution in [0.5, 0.6) is 0 Å². The fourth-order valence-corrected chi connectivity index (χ4v) is 12.4. The van der Waals surface area contributed by atoms with E-state index >= 15 is 4.39 Å². The van der Waals surface area contributed by atoms with Gasteiger partial charge < -0.3 is 35.0 Å². The van der Waals surface area contributed by atoms with E-state index in [9.17, 15) is 37.5 Å². The molecule has 4 aromatic carbocycles. The van der Waals surface area contributed by atoms with Gasteiger partial charge in [-0.2, -0.15) is 5.10 Å². The molecule has 80 heavy (non-hydrogen) atoms. The van der Waals surface area contributed by atoms with Crippen LogP contribution < -0.4 is 16.2 Å². The summed E-state index contributed by atoms with van der Waals surface area (Å²) in [5, 5.41) is 14.1. The van der Waals surface area contributed by atoms with Crippen LogP contribution in [0.25, 0.3) is 10.8 Å². The molecule has 4 aliphatic heterocycles. The molecule has 10 rings (SSSR count). The summed E-state index contributed by atoms with van der Waals surface area (Å²) in [6.07, 6.45) is 9.83. The van der Waals surface area contributed by atoms with E-state index in [0.29, 0.717) is 105 Å². The Morgan fingerprint density at radius 2 is 1.30 bits per heavy atom. The summed E-state index contributed by atoms with van der Waals surface area (Å²) in [6, 6.07) is 22.0. The van der Waals surface area contributed by atoms with Crippen molar-refractivity contribution in [3.63, 3.8) is 0 Å². The molecule has 5 aliphatic rings. The molecule has 4 saturated heterocycles. The molecule has 424 valence electrons. The summed E-state index contributed by atoms with van der Waals surface area (Å²) in [6.45, 7) is 5.42. The van der Waals surface area contributed by atoms with E-state index in [1.54, 1.807) is 39.0 Å². The Morgan fingerprint density at radius 3 is 2.00 bits per heavy atom. The van der Waals surface area contributed by atoms with Gasteiger partial charge in [0.2, 0.25) is 17.7 Å². The van der Waals surface area contributed by atoms with E-state index in [-0.39, 0.29) is 91.5 Å². The van der Waals surface area contributed by atoms with E-state index in [0.717, 1.165) is 69.4 Å². The lowest BCUT2D eigenvalue weighted by Gasteiger charge is -2.40. The van der Waals surface area contributed by atoms with Gasteiger partial charge in [0.1, 0.15) is 23.5 Å². The zero-order valence-electron chi connectivity index (χ0n) is 45.3. The SMILES string of the molecule is O=C(NC(C(=O)N1CCC(OC2CCN(CC(=O)N3CCN(C(=O)c4cc(Cc5n[nH]c(=O)c6ccccc56)ccc4F)CC3)CC2)CC1)C1CCCCC1)c1ccc(C2CCN(C(=O)CNCc3ccc(F)cc3F)CC2)cc1. The number of fused-ring (bicyclic) bond motifs is 1. The van der Waals surface area contributed by atoms with Crippen LogP contribution in [0.1, 0.15) is 120 Å². The van der Waals surface area contributed by atoms with Gasteiger partial charge in [0, 0.05) is 101 Å². The van der Waals surface area contributed by atoms with Crippen molar-refractivity contribution in [1.82, 2.24) is 45.3 Å². The quantitative estimate of drug-likeness (QED) is 0.0980. The number of hydrogen-bond acceptors (Lipinski definition) is 10. The number of amides is 5. The lowest BCUT2D eigenvalue weighted by Crippen LogP contribution is -2.55. The first-order chi connectivity index (χ1) is 38.8. The minimum absolute atomic E-state index is 0.00365. The second-order valence-electron chi connectivity index (χ2n) is 22.3. The molecule has 0 bridgehead atoms. The minimum atomic E-state index is -0.648. The first kappa shape index (κ1) is 56.3. The number of aromatic amines is 1. The number of rotatable bonds is 16. The van der Waals surface area contributed by atoms with E-state index in [1.807, 2.05) is 41.3 Å². The molecule has 1 aromatic heterocycles. The van der Waals surface area contributed by atoms with Crippen LogP contribution in [0.15, 0.2) is 89.7 Å². The van der Waals surface area contributed by atoms with Gasteiger partial charge in [-0.3, -0.25) is 33.7 Å². The molecule has 5 aromatic rings.